The minimum Gasteiger partial charge on any atom is -0.444 e. The molecule has 0 bridgehead atoms. The Balaban J connectivity index is 1.95. The molecule has 3 rings (SSSR count). The van der Waals surface area contributed by atoms with E-state index in [1.807, 2.05) is 20.8 Å². The fourth-order valence-electron chi connectivity index (χ4n) is 3.32. The summed E-state index contributed by atoms with van der Waals surface area (Å²) in [5, 5.41) is 0. The quantitative estimate of drug-likeness (QED) is 0.666. The van der Waals surface area contributed by atoms with Gasteiger partial charge in [0.2, 0.25) is 0 Å². The maximum Gasteiger partial charge on any atom is 0.410 e. The standard InChI is InChI=1S/C18H22FNO2/c1-18(2,3)22-17(21)20-11-12-8-9-13(19)10-15(12)14-6-4-5-7-16(14)20/h4,6,8-10,14,16H,5,7,11H2,1-3H3/t14-,16-/m0/s1. The average molecular weight is 303 g/mol. The molecule has 1 heterocycles. The number of amides is 1. The van der Waals surface area contributed by atoms with E-state index in [1.165, 1.54) is 6.07 Å². The van der Waals surface area contributed by atoms with Crippen LogP contribution in [0.25, 0.3) is 0 Å². The van der Waals surface area contributed by atoms with Gasteiger partial charge >= 0.3 is 6.09 Å². The Labute approximate surface area is 130 Å². The molecule has 0 unspecified atom stereocenters. The molecule has 1 aromatic rings. The van der Waals surface area contributed by atoms with Crippen molar-refractivity contribution < 1.29 is 13.9 Å². The van der Waals surface area contributed by atoms with Gasteiger partial charge in [0.05, 0.1) is 0 Å². The highest BCUT2D eigenvalue weighted by molar-refractivity contribution is 5.70. The van der Waals surface area contributed by atoms with Crippen LogP contribution in [0.4, 0.5) is 9.18 Å². The molecule has 0 spiro atoms. The fourth-order valence-corrected chi connectivity index (χ4v) is 3.32. The topological polar surface area (TPSA) is 29.5 Å². The number of carbonyl (C=O) groups excluding carboxylic acids is 1. The lowest BCUT2D eigenvalue weighted by molar-refractivity contribution is 0.00862. The van der Waals surface area contributed by atoms with Crippen molar-refractivity contribution in [2.75, 3.05) is 0 Å². The van der Waals surface area contributed by atoms with E-state index < -0.39 is 5.60 Å². The summed E-state index contributed by atoms with van der Waals surface area (Å²) in [5.41, 5.74) is 1.49. The van der Waals surface area contributed by atoms with Crippen molar-refractivity contribution in [3.63, 3.8) is 0 Å². The van der Waals surface area contributed by atoms with E-state index in [2.05, 4.69) is 12.2 Å². The van der Waals surface area contributed by atoms with E-state index in [-0.39, 0.29) is 23.9 Å². The van der Waals surface area contributed by atoms with Crippen molar-refractivity contribution in [2.24, 2.45) is 0 Å². The first-order valence-electron chi connectivity index (χ1n) is 7.80. The number of rotatable bonds is 0. The monoisotopic (exact) mass is 303 g/mol. The predicted molar refractivity (Wildman–Crippen MR) is 83.1 cm³/mol. The van der Waals surface area contributed by atoms with Crippen LogP contribution in [0, 0.1) is 5.82 Å². The van der Waals surface area contributed by atoms with E-state index in [0.29, 0.717) is 6.54 Å². The van der Waals surface area contributed by atoms with Gasteiger partial charge in [0.25, 0.3) is 0 Å². The minimum absolute atomic E-state index is 0.0501. The second kappa shape index (κ2) is 5.41. The fraction of sp³-hybridized carbons (Fsp3) is 0.500. The van der Waals surface area contributed by atoms with E-state index in [1.54, 1.807) is 17.0 Å². The van der Waals surface area contributed by atoms with Crippen LogP contribution in [0.3, 0.4) is 0 Å². The maximum absolute atomic E-state index is 13.6. The Hall–Kier alpha value is -1.84. The van der Waals surface area contributed by atoms with Crippen molar-refractivity contribution >= 4 is 6.09 Å². The Kier molecular flexibility index (Phi) is 3.71. The van der Waals surface area contributed by atoms with Crippen LogP contribution in [-0.2, 0) is 11.3 Å². The number of carbonyl (C=O) groups is 1. The molecule has 4 heteroatoms. The number of benzene rings is 1. The largest absolute Gasteiger partial charge is 0.444 e. The van der Waals surface area contributed by atoms with Crippen LogP contribution in [0.1, 0.15) is 50.7 Å². The summed E-state index contributed by atoms with van der Waals surface area (Å²) in [7, 11) is 0. The first-order valence-corrected chi connectivity index (χ1v) is 7.80. The summed E-state index contributed by atoms with van der Waals surface area (Å²) in [6.07, 6.45) is 5.76. The van der Waals surface area contributed by atoms with Gasteiger partial charge in [0.15, 0.2) is 0 Å². The Morgan fingerprint density at radius 1 is 1.36 bits per heavy atom. The lowest BCUT2D eigenvalue weighted by Gasteiger charge is -2.43. The number of ether oxygens (including phenoxy) is 1. The van der Waals surface area contributed by atoms with Crippen LogP contribution in [0.5, 0.6) is 0 Å². The minimum atomic E-state index is -0.514. The second-order valence-corrected chi connectivity index (χ2v) is 7.05. The number of fused-ring (bicyclic) bond motifs is 3. The molecule has 2 aliphatic rings. The average Bonchev–Trinajstić information content (AvgIpc) is 2.44. The van der Waals surface area contributed by atoms with E-state index in [0.717, 1.165) is 24.0 Å². The molecule has 0 fully saturated rings. The highest BCUT2D eigenvalue weighted by Gasteiger charge is 2.39. The molecule has 118 valence electrons. The molecule has 0 saturated carbocycles. The first-order chi connectivity index (χ1) is 10.3. The number of halogens is 1. The first kappa shape index (κ1) is 15.1. The lowest BCUT2D eigenvalue weighted by Crippen LogP contribution is -2.48. The summed E-state index contributed by atoms with van der Waals surface area (Å²) in [6.45, 7) is 6.10. The lowest BCUT2D eigenvalue weighted by atomic mass is 9.78. The zero-order valence-corrected chi connectivity index (χ0v) is 13.3. The van der Waals surface area contributed by atoms with Crippen LogP contribution in [0.2, 0.25) is 0 Å². The van der Waals surface area contributed by atoms with Crippen LogP contribution >= 0.6 is 0 Å². The molecule has 0 aromatic heterocycles. The smallest absolute Gasteiger partial charge is 0.410 e. The summed E-state index contributed by atoms with van der Waals surface area (Å²) in [5.74, 6) is -0.164. The second-order valence-electron chi connectivity index (χ2n) is 7.05. The molecule has 0 N–H and O–H groups in total. The van der Waals surface area contributed by atoms with Gasteiger partial charge in [0, 0.05) is 18.5 Å². The van der Waals surface area contributed by atoms with Crippen molar-refractivity contribution in [3.05, 3.63) is 47.3 Å². The normalized spacial score (nSPS) is 23.7. The highest BCUT2D eigenvalue weighted by Crippen LogP contribution is 2.39. The van der Waals surface area contributed by atoms with Gasteiger partial charge < -0.3 is 4.74 Å². The van der Waals surface area contributed by atoms with Gasteiger partial charge in [-0.3, -0.25) is 4.90 Å². The van der Waals surface area contributed by atoms with Crippen molar-refractivity contribution in [3.8, 4) is 0 Å². The Morgan fingerprint density at radius 3 is 2.86 bits per heavy atom. The predicted octanol–water partition coefficient (Wildman–Crippen LogP) is 4.38. The number of allylic oxidation sites excluding steroid dienone is 1. The third kappa shape index (κ3) is 2.87. The summed E-state index contributed by atoms with van der Waals surface area (Å²) >= 11 is 0. The summed E-state index contributed by atoms with van der Waals surface area (Å²) in [4.78, 5) is 14.4. The van der Waals surface area contributed by atoms with Crippen molar-refractivity contribution in [2.45, 2.75) is 57.7 Å². The van der Waals surface area contributed by atoms with E-state index in [4.69, 9.17) is 4.74 Å². The summed E-state index contributed by atoms with van der Waals surface area (Å²) in [6, 6.07) is 4.89. The van der Waals surface area contributed by atoms with Gasteiger partial charge in [-0.2, -0.15) is 0 Å². The number of hydrogen-bond donors (Lipinski definition) is 0. The zero-order chi connectivity index (χ0) is 15.9. The molecular weight excluding hydrogens is 281 g/mol. The van der Waals surface area contributed by atoms with Gasteiger partial charge in [-0.1, -0.05) is 18.2 Å². The van der Waals surface area contributed by atoms with Crippen molar-refractivity contribution in [1.82, 2.24) is 4.90 Å². The molecule has 0 saturated heterocycles. The van der Waals surface area contributed by atoms with Crippen LogP contribution in [0.15, 0.2) is 30.4 Å². The van der Waals surface area contributed by atoms with Gasteiger partial charge in [-0.25, -0.2) is 9.18 Å². The molecule has 1 aromatic carbocycles. The molecule has 22 heavy (non-hydrogen) atoms. The van der Waals surface area contributed by atoms with Gasteiger partial charge in [0.1, 0.15) is 11.4 Å². The van der Waals surface area contributed by atoms with E-state index in [9.17, 15) is 9.18 Å². The van der Waals surface area contributed by atoms with Crippen LogP contribution < -0.4 is 0 Å². The van der Waals surface area contributed by atoms with E-state index >= 15 is 0 Å². The third-order valence-corrected chi connectivity index (χ3v) is 4.22. The van der Waals surface area contributed by atoms with Crippen molar-refractivity contribution in [1.29, 1.82) is 0 Å². The molecule has 2 atom stereocenters. The summed E-state index contributed by atoms with van der Waals surface area (Å²) < 4.78 is 19.2. The van der Waals surface area contributed by atoms with Crippen LogP contribution in [-0.4, -0.2) is 22.6 Å². The third-order valence-electron chi connectivity index (χ3n) is 4.22. The SMILES string of the molecule is CC(C)(C)OC(=O)N1Cc2ccc(F)cc2[C@@H]2C=CCC[C@@H]21. The molecule has 1 amide bonds. The number of hydrogen-bond acceptors (Lipinski definition) is 2. The Bertz CT molecular complexity index is 618. The van der Waals surface area contributed by atoms with Gasteiger partial charge in [-0.15, -0.1) is 0 Å². The molecule has 1 aliphatic carbocycles. The Morgan fingerprint density at radius 2 is 2.14 bits per heavy atom. The molecule has 3 nitrogen and oxygen atoms in total. The molecule has 1 aliphatic heterocycles. The highest BCUT2D eigenvalue weighted by atomic mass is 19.1. The molecule has 0 radical (unpaired) electrons. The van der Waals surface area contributed by atoms with Gasteiger partial charge in [-0.05, 0) is 56.9 Å². The molecular formula is C18H22FNO2. The number of nitrogens with zero attached hydrogens (tertiary/aromatic N) is 1. The maximum atomic E-state index is 13.6. The zero-order valence-electron chi connectivity index (χ0n) is 13.3.